The second kappa shape index (κ2) is 5.58. The molecule has 1 unspecified atom stereocenters. The molecule has 0 aliphatic heterocycles. The van der Waals surface area contributed by atoms with E-state index in [-0.39, 0.29) is 6.04 Å². The lowest BCUT2D eigenvalue weighted by atomic mass is 10.1. The summed E-state index contributed by atoms with van der Waals surface area (Å²) in [5.74, 6) is 1.30. The minimum absolute atomic E-state index is 0.150. The van der Waals surface area contributed by atoms with E-state index in [2.05, 4.69) is 27.9 Å². The van der Waals surface area contributed by atoms with Crippen LogP contribution in [0.5, 0.6) is 5.75 Å². The van der Waals surface area contributed by atoms with E-state index in [1.165, 1.54) is 0 Å². The number of phenols is 1. The summed E-state index contributed by atoms with van der Waals surface area (Å²) in [4.78, 5) is 4.65. The Morgan fingerprint density at radius 3 is 2.76 bits per heavy atom. The van der Waals surface area contributed by atoms with Gasteiger partial charge in [0.1, 0.15) is 11.6 Å². The van der Waals surface area contributed by atoms with Crippen molar-refractivity contribution >= 4 is 11.0 Å². The van der Waals surface area contributed by atoms with Gasteiger partial charge in [0.2, 0.25) is 0 Å². The van der Waals surface area contributed by atoms with Crippen LogP contribution in [0.1, 0.15) is 24.4 Å². The summed E-state index contributed by atoms with van der Waals surface area (Å²) < 4.78 is 2.11. The molecule has 0 radical (unpaired) electrons. The first-order valence-electron chi connectivity index (χ1n) is 7.08. The van der Waals surface area contributed by atoms with Crippen molar-refractivity contribution in [3.05, 3.63) is 59.9 Å². The van der Waals surface area contributed by atoms with Crippen LogP contribution in [-0.4, -0.2) is 14.7 Å². The number of aryl methyl sites for hydroxylation is 1. The molecule has 0 aliphatic rings. The van der Waals surface area contributed by atoms with Crippen LogP contribution in [0.15, 0.2) is 48.5 Å². The predicted octanol–water partition coefficient (Wildman–Crippen LogP) is 3.13. The Hall–Kier alpha value is -2.33. The van der Waals surface area contributed by atoms with E-state index in [9.17, 15) is 5.11 Å². The van der Waals surface area contributed by atoms with Gasteiger partial charge in [-0.25, -0.2) is 4.98 Å². The molecule has 3 rings (SSSR count). The van der Waals surface area contributed by atoms with Gasteiger partial charge in [-0.1, -0.05) is 24.3 Å². The third kappa shape index (κ3) is 2.76. The Kier molecular flexibility index (Phi) is 3.62. The van der Waals surface area contributed by atoms with Crippen LogP contribution < -0.4 is 5.32 Å². The average molecular weight is 281 g/mol. The predicted molar refractivity (Wildman–Crippen MR) is 84.1 cm³/mol. The molecule has 108 valence electrons. The van der Waals surface area contributed by atoms with E-state index in [1.54, 1.807) is 12.1 Å². The van der Waals surface area contributed by atoms with Gasteiger partial charge in [0.25, 0.3) is 0 Å². The SMILES string of the molecule is CC(NCc1nc2ccccc2n1C)c1cccc(O)c1. The van der Waals surface area contributed by atoms with Gasteiger partial charge >= 0.3 is 0 Å². The summed E-state index contributed by atoms with van der Waals surface area (Å²) in [6, 6.07) is 15.6. The topological polar surface area (TPSA) is 50.1 Å². The number of hydrogen-bond acceptors (Lipinski definition) is 3. The summed E-state index contributed by atoms with van der Waals surface area (Å²) in [5.41, 5.74) is 3.22. The lowest BCUT2D eigenvalue weighted by molar-refractivity contribution is 0.471. The zero-order valence-electron chi connectivity index (χ0n) is 12.2. The summed E-state index contributed by atoms with van der Waals surface area (Å²) in [7, 11) is 2.03. The Morgan fingerprint density at radius 2 is 2.00 bits per heavy atom. The maximum Gasteiger partial charge on any atom is 0.123 e. The Morgan fingerprint density at radius 1 is 1.19 bits per heavy atom. The smallest absolute Gasteiger partial charge is 0.123 e. The molecule has 0 spiro atoms. The first kappa shape index (κ1) is 13.6. The number of hydrogen-bond donors (Lipinski definition) is 2. The standard InChI is InChI=1S/C17H19N3O/c1-12(13-6-5-7-14(21)10-13)18-11-17-19-15-8-3-4-9-16(15)20(17)2/h3-10,12,18,21H,11H2,1-2H3. The van der Waals surface area contributed by atoms with Crippen molar-refractivity contribution in [1.82, 2.24) is 14.9 Å². The first-order valence-corrected chi connectivity index (χ1v) is 7.08. The van der Waals surface area contributed by atoms with Crippen molar-refractivity contribution in [3.8, 4) is 5.75 Å². The van der Waals surface area contributed by atoms with E-state index in [4.69, 9.17) is 0 Å². The van der Waals surface area contributed by atoms with Gasteiger partial charge in [-0.05, 0) is 36.8 Å². The lowest BCUT2D eigenvalue weighted by Gasteiger charge is -2.14. The van der Waals surface area contributed by atoms with Crippen molar-refractivity contribution in [2.45, 2.75) is 19.5 Å². The van der Waals surface area contributed by atoms with Crippen LogP contribution >= 0.6 is 0 Å². The maximum atomic E-state index is 9.54. The number of nitrogens with zero attached hydrogens (tertiary/aromatic N) is 2. The van der Waals surface area contributed by atoms with Crippen LogP contribution in [-0.2, 0) is 13.6 Å². The molecule has 4 nitrogen and oxygen atoms in total. The Balaban J connectivity index is 1.75. The van der Waals surface area contributed by atoms with Crippen LogP contribution in [0.2, 0.25) is 0 Å². The second-order valence-corrected chi connectivity index (χ2v) is 5.27. The summed E-state index contributed by atoms with van der Waals surface area (Å²) in [6.45, 7) is 2.76. The van der Waals surface area contributed by atoms with Crippen molar-refractivity contribution in [1.29, 1.82) is 0 Å². The molecule has 1 aromatic heterocycles. The molecule has 2 N–H and O–H groups in total. The number of fused-ring (bicyclic) bond motifs is 1. The van der Waals surface area contributed by atoms with Crippen LogP contribution in [0.4, 0.5) is 0 Å². The molecule has 0 aliphatic carbocycles. The maximum absolute atomic E-state index is 9.54. The minimum atomic E-state index is 0.150. The average Bonchev–Trinajstić information content (AvgIpc) is 2.82. The quantitative estimate of drug-likeness (QED) is 0.772. The van der Waals surface area contributed by atoms with Crippen LogP contribution in [0, 0.1) is 0 Å². The fraction of sp³-hybridized carbons (Fsp3) is 0.235. The first-order chi connectivity index (χ1) is 10.1. The van der Waals surface area contributed by atoms with Gasteiger partial charge < -0.3 is 15.0 Å². The molecule has 0 amide bonds. The van der Waals surface area contributed by atoms with E-state index in [0.29, 0.717) is 12.3 Å². The largest absolute Gasteiger partial charge is 0.508 e. The highest BCUT2D eigenvalue weighted by atomic mass is 16.3. The van der Waals surface area contributed by atoms with Crippen molar-refractivity contribution in [2.75, 3.05) is 0 Å². The number of rotatable bonds is 4. The van der Waals surface area contributed by atoms with E-state index in [1.807, 2.05) is 37.4 Å². The number of nitrogens with one attached hydrogen (secondary N) is 1. The van der Waals surface area contributed by atoms with Gasteiger partial charge in [0.05, 0.1) is 17.6 Å². The molecule has 2 aromatic carbocycles. The van der Waals surface area contributed by atoms with Crippen molar-refractivity contribution < 1.29 is 5.11 Å². The highest BCUT2D eigenvalue weighted by Crippen LogP contribution is 2.19. The molecule has 4 heteroatoms. The molecule has 21 heavy (non-hydrogen) atoms. The van der Waals surface area contributed by atoms with Crippen molar-refractivity contribution in [3.63, 3.8) is 0 Å². The zero-order valence-corrected chi connectivity index (χ0v) is 12.2. The summed E-state index contributed by atoms with van der Waals surface area (Å²) in [6.07, 6.45) is 0. The van der Waals surface area contributed by atoms with Gasteiger partial charge in [-0.2, -0.15) is 0 Å². The normalized spacial score (nSPS) is 12.7. The fourth-order valence-corrected chi connectivity index (χ4v) is 2.51. The van der Waals surface area contributed by atoms with Gasteiger partial charge in [-0.15, -0.1) is 0 Å². The third-order valence-corrected chi connectivity index (χ3v) is 3.82. The molecule has 0 bridgehead atoms. The highest BCUT2D eigenvalue weighted by Gasteiger charge is 2.10. The van der Waals surface area contributed by atoms with E-state index < -0.39 is 0 Å². The molecule has 0 saturated carbocycles. The van der Waals surface area contributed by atoms with Gasteiger partial charge in [-0.3, -0.25) is 0 Å². The molecular formula is C17H19N3O. The molecule has 1 atom stereocenters. The number of aromatic hydroxyl groups is 1. The molecule has 0 saturated heterocycles. The van der Waals surface area contributed by atoms with Crippen LogP contribution in [0.3, 0.4) is 0 Å². The third-order valence-electron chi connectivity index (χ3n) is 3.82. The number of imidazole rings is 1. The Bertz CT molecular complexity index is 764. The van der Waals surface area contributed by atoms with Crippen LogP contribution in [0.25, 0.3) is 11.0 Å². The van der Waals surface area contributed by atoms with E-state index >= 15 is 0 Å². The monoisotopic (exact) mass is 281 g/mol. The minimum Gasteiger partial charge on any atom is -0.508 e. The number of phenolic OH excluding ortho intramolecular Hbond substituents is 1. The number of aromatic nitrogens is 2. The molecule has 3 aromatic rings. The number of benzene rings is 2. The second-order valence-electron chi connectivity index (χ2n) is 5.27. The van der Waals surface area contributed by atoms with Gasteiger partial charge in [0, 0.05) is 13.1 Å². The highest BCUT2D eigenvalue weighted by molar-refractivity contribution is 5.75. The van der Waals surface area contributed by atoms with Gasteiger partial charge in [0.15, 0.2) is 0 Å². The molecule has 0 fully saturated rings. The Labute approximate surface area is 124 Å². The zero-order chi connectivity index (χ0) is 14.8. The number of para-hydroxylation sites is 2. The van der Waals surface area contributed by atoms with E-state index in [0.717, 1.165) is 22.4 Å². The summed E-state index contributed by atoms with van der Waals surface area (Å²) in [5, 5.41) is 13.0. The molecule has 1 heterocycles. The fourth-order valence-electron chi connectivity index (χ4n) is 2.51. The molecular weight excluding hydrogens is 262 g/mol. The van der Waals surface area contributed by atoms with Crippen molar-refractivity contribution in [2.24, 2.45) is 7.05 Å². The lowest BCUT2D eigenvalue weighted by Crippen LogP contribution is -2.20. The summed E-state index contributed by atoms with van der Waals surface area (Å²) >= 11 is 0.